The molecule has 21 heavy (non-hydrogen) atoms. The lowest BCUT2D eigenvalue weighted by Gasteiger charge is -2.28. The molecular formula is C18H16O3. The Morgan fingerprint density at radius 1 is 0.952 bits per heavy atom. The monoisotopic (exact) mass is 280 g/mol. The molecule has 0 spiro atoms. The number of benzene rings is 2. The summed E-state index contributed by atoms with van der Waals surface area (Å²) in [5.74, 6) is -0.916. The van der Waals surface area contributed by atoms with Crippen molar-refractivity contribution in [2.45, 2.75) is 11.9 Å². The zero-order valence-corrected chi connectivity index (χ0v) is 11.5. The fourth-order valence-electron chi connectivity index (χ4n) is 2.53. The Labute approximate surface area is 123 Å². The van der Waals surface area contributed by atoms with Crippen molar-refractivity contribution in [1.29, 1.82) is 0 Å². The van der Waals surface area contributed by atoms with E-state index in [2.05, 4.69) is 0 Å². The highest BCUT2D eigenvalue weighted by Crippen LogP contribution is 2.40. The smallest absolute Gasteiger partial charge is 0.223 e. The molecule has 0 unspecified atom stereocenters. The quantitative estimate of drug-likeness (QED) is 0.638. The minimum absolute atomic E-state index is 0.240. The van der Waals surface area contributed by atoms with Crippen LogP contribution in [-0.4, -0.2) is 19.0 Å². The SMILES string of the molecule is O=C/C=C\[C@H]1COC(c2ccccc2)(c2ccccc2)O1. The van der Waals surface area contributed by atoms with E-state index in [1.165, 1.54) is 6.08 Å². The van der Waals surface area contributed by atoms with Gasteiger partial charge in [-0.2, -0.15) is 0 Å². The fraction of sp³-hybridized carbons (Fsp3) is 0.167. The summed E-state index contributed by atoms with van der Waals surface area (Å²) in [6, 6.07) is 19.7. The molecular weight excluding hydrogens is 264 g/mol. The molecule has 3 rings (SSSR count). The number of carbonyl (C=O) groups is 1. The lowest BCUT2D eigenvalue weighted by molar-refractivity contribution is -0.137. The minimum atomic E-state index is -0.916. The molecule has 0 amide bonds. The van der Waals surface area contributed by atoms with Gasteiger partial charge >= 0.3 is 0 Å². The molecule has 0 saturated carbocycles. The highest BCUT2D eigenvalue weighted by molar-refractivity contribution is 5.64. The van der Waals surface area contributed by atoms with Gasteiger partial charge in [-0.05, 0) is 6.08 Å². The van der Waals surface area contributed by atoms with Crippen molar-refractivity contribution in [2.75, 3.05) is 6.61 Å². The number of rotatable bonds is 4. The van der Waals surface area contributed by atoms with E-state index in [1.807, 2.05) is 60.7 Å². The number of ether oxygens (including phenoxy) is 2. The van der Waals surface area contributed by atoms with E-state index in [4.69, 9.17) is 9.47 Å². The van der Waals surface area contributed by atoms with E-state index in [0.717, 1.165) is 17.4 Å². The van der Waals surface area contributed by atoms with Gasteiger partial charge in [0.15, 0.2) is 0 Å². The average Bonchev–Trinajstić information content (AvgIpc) is 3.00. The van der Waals surface area contributed by atoms with Crippen LogP contribution >= 0.6 is 0 Å². The first kappa shape index (κ1) is 13.7. The molecule has 106 valence electrons. The molecule has 1 aliphatic rings. The third-order valence-electron chi connectivity index (χ3n) is 3.48. The van der Waals surface area contributed by atoms with E-state index in [1.54, 1.807) is 6.08 Å². The molecule has 2 aromatic carbocycles. The van der Waals surface area contributed by atoms with E-state index < -0.39 is 5.79 Å². The van der Waals surface area contributed by atoms with Crippen LogP contribution in [0.25, 0.3) is 0 Å². The Kier molecular flexibility index (Phi) is 3.95. The molecule has 0 aliphatic carbocycles. The van der Waals surface area contributed by atoms with Gasteiger partial charge < -0.3 is 9.47 Å². The maximum absolute atomic E-state index is 10.5. The van der Waals surface area contributed by atoms with Crippen LogP contribution in [0.15, 0.2) is 72.8 Å². The van der Waals surface area contributed by atoms with Crippen LogP contribution in [0.3, 0.4) is 0 Å². The van der Waals surface area contributed by atoms with Crippen LogP contribution in [0, 0.1) is 0 Å². The topological polar surface area (TPSA) is 35.5 Å². The molecule has 1 fully saturated rings. The zero-order chi connectivity index (χ0) is 14.5. The van der Waals surface area contributed by atoms with Gasteiger partial charge in [0.1, 0.15) is 12.4 Å². The molecule has 3 heteroatoms. The van der Waals surface area contributed by atoms with Crippen LogP contribution in [-0.2, 0) is 20.1 Å². The highest BCUT2D eigenvalue weighted by Gasteiger charge is 2.43. The molecule has 1 saturated heterocycles. The van der Waals surface area contributed by atoms with Gasteiger partial charge in [-0.3, -0.25) is 4.79 Å². The van der Waals surface area contributed by atoms with Gasteiger partial charge in [0.25, 0.3) is 0 Å². The normalized spacial score (nSPS) is 20.7. The first-order chi connectivity index (χ1) is 10.3. The van der Waals surface area contributed by atoms with E-state index >= 15 is 0 Å². The van der Waals surface area contributed by atoms with E-state index in [0.29, 0.717) is 6.61 Å². The second-order valence-electron chi connectivity index (χ2n) is 4.84. The summed E-state index contributed by atoms with van der Waals surface area (Å²) in [5.41, 5.74) is 1.89. The van der Waals surface area contributed by atoms with Crippen LogP contribution in [0.5, 0.6) is 0 Å². The summed E-state index contributed by atoms with van der Waals surface area (Å²) in [6.07, 6.45) is 3.67. The van der Waals surface area contributed by atoms with Crippen molar-refractivity contribution in [3.05, 3.63) is 83.9 Å². The van der Waals surface area contributed by atoms with Crippen LogP contribution in [0.4, 0.5) is 0 Å². The van der Waals surface area contributed by atoms with Crippen molar-refractivity contribution in [1.82, 2.24) is 0 Å². The molecule has 1 aliphatic heterocycles. The minimum Gasteiger partial charge on any atom is -0.339 e. The summed E-state index contributed by atoms with van der Waals surface area (Å²) in [6.45, 7) is 0.411. The Hall–Kier alpha value is -2.23. The van der Waals surface area contributed by atoms with Crippen LogP contribution in [0.2, 0.25) is 0 Å². The second-order valence-corrected chi connectivity index (χ2v) is 4.84. The molecule has 0 bridgehead atoms. The summed E-state index contributed by atoms with van der Waals surface area (Å²) in [5, 5.41) is 0. The summed E-state index contributed by atoms with van der Waals surface area (Å²) < 4.78 is 12.2. The van der Waals surface area contributed by atoms with Crippen LogP contribution in [0.1, 0.15) is 11.1 Å². The Morgan fingerprint density at radius 2 is 1.52 bits per heavy atom. The van der Waals surface area contributed by atoms with Crippen molar-refractivity contribution in [2.24, 2.45) is 0 Å². The van der Waals surface area contributed by atoms with Crippen molar-refractivity contribution in [3.8, 4) is 0 Å². The van der Waals surface area contributed by atoms with Crippen molar-refractivity contribution < 1.29 is 14.3 Å². The molecule has 3 nitrogen and oxygen atoms in total. The number of carbonyl (C=O) groups excluding carboxylic acids is 1. The first-order valence-corrected chi connectivity index (χ1v) is 6.90. The van der Waals surface area contributed by atoms with Gasteiger partial charge in [-0.25, -0.2) is 0 Å². The summed E-state index contributed by atoms with van der Waals surface area (Å²) in [4.78, 5) is 10.5. The third kappa shape index (κ3) is 2.66. The summed E-state index contributed by atoms with van der Waals surface area (Å²) >= 11 is 0. The van der Waals surface area contributed by atoms with E-state index in [-0.39, 0.29) is 6.10 Å². The van der Waals surface area contributed by atoms with Gasteiger partial charge in [0.2, 0.25) is 5.79 Å². The third-order valence-corrected chi connectivity index (χ3v) is 3.48. The average molecular weight is 280 g/mol. The first-order valence-electron chi connectivity index (χ1n) is 6.90. The maximum atomic E-state index is 10.5. The predicted molar refractivity (Wildman–Crippen MR) is 79.7 cm³/mol. The number of allylic oxidation sites excluding steroid dienone is 1. The van der Waals surface area contributed by atoms with Gasteiger partial charge in [-0.1, -0.05) is 66.7 Å². The lowest BCUT2D eigenvalue weighted by atomic mass is 9.97. The molecule has 1 atom stereocenters. The molecule has 0 aromatic heterocycles. The zero-order valence-electron chi connectivity index (χ0n) is 11.5. The van der Waals surface area contributed by atoms with Crippen molar-refractivity contribution in [3.63, 3.8) is 0 Å². The van der Waals surface area contributed by atoms with Gasteiger partial charge in [0, 0.05) is 11.1 Å². The second kappa shape index (κ2) is 6.04. The van der Waals surface area contributed by atoms with E-state index in [9.17, 15) is 4.79 Å². The maximum Gasteiger partial charge on any atom is 0.223 e. The summed E-state index contributed by atoms with van der Waals surface area (Å²) in [7, 11) is 0. The Morgan fingerprint density at radius 3 is 2.05 bits per heavy atom. The molecule has 2 aromatic rings. The molecule has 0 N–H and O–H groups in total. The highest BCUT2D eigenvalue weighted by atomic mass is 16.7. The fourth-order valence-corrected chi connectivity index (χ4v) is 2.53. The van der Waals surface area contributed by atoms with Gasteiger partial charge in [-0.15, -0.1) is 0 Å². The Balaban J connectivity index is 2.02. The van der Waals surface area contributed by atoms with Gasteiger partial charge in [0.05, 0.1) is 6.61 Å². The molecule has 0 radical (unpaired) electrons. The lowest BCUT2D eigenvalue weighted by Crippen LogP contribution is -2.29. The molecule has 1 heterocycles. The predicted octanol–water partition coefficient (Wildman–Crippen LogP) is 3.06. The number of hydrogen-bond donors (Lipinski definition) is 0. The number of hydrogen-bond acceptors (Lipinski definition) is 3. The van der Waals surface area contributed by atoms with Crippen LogP contribution < -0.4 is 0 Å². The Bertz CT molecular complexity index is 580. The number of aldehydes is 1. The largest absolute Gasteiger partial charge is 0.339 e. The standard InChI is InChI=1S/C18H16O3/c19-13-7-12-17-14-20-18(21-17,15-8-3-1-4-9-15)16-10-5-2-6-11-16/h1-13,17H,14H2/b12-7-/t17-/m0/s1. The van der Waals surface area contributed by atoms with Crippen molar-refractivity contribution >= 4 is 6.29 Å².